The van der Waals surface area contributed by atoms with Crippen LogP contribution in [-0.2, 0) is 10.0 Å². The minimum atomic E-state index is -4.03. The zero-order valence-electron chi connectivity index (χ0n) is 9.97. The van der Waals surface area contributed by atoms with Crippen LogP contribution in [0.3, 0.4) is 0 Å². The van der Waals surface area contributed by atoms with Crippen molar-refractivity contribution in [2.45, 2.75) is 4.90 Å². The number of aromatic nitrogens is 1. The average Bonchev–Trinajstić information content (AvgIpc) is 2.41. The summed E-state index contributed by atoms with van der Waals surface area (Å²) in [6, 6.07) is 6.75. The number of nitrogens with two attached hydrogens (primary N) is 1. The molecule has 0 atom stereocenters. The summed E-state index contributed by atoms with van der Waals surface area (Å²) in [5, 5.41) is 0. The van der Waals surface area contributed by atoms with Crippen LogP contribution in [0.1, 0.15) is 0 Å². The maximum atomic E-state index is 13.5. The third-order valence-corrected chi connectivity index (χ3v) is 4.18. The second kappa shape index (κ2) is 5.73. The summed E-state index contributed by atoms with van der Waals surface area (Å²) >= 11 is 3.12. The molecule has 1 heterocycles. The highest BCUT2D eigenvalue weighted by molar-refractivity contribution is 9.10. The Morgan fingerprint density at radius 1 is 1.30 bits per heavy atom. The summed E-state index contributed by atoms with van der Waals surface area (Å²) in [5.41, 5.74) is 2.03. The van der Waals surface area contributed by atoms with Crippen molar-refractivity contribution >= 4 is 37.5 Å². The number of nitrogen functional groups attached to an aromatic ring is 1. The highest BCUT2D eigenvalue weighted by Gasteiger charge is 2.21. The van der Waals surface area contributed by atoms with E-state index in [1.807, 2.05) is 0 Å². The number of hydrogen-bond acceptors (Lipinski definition) is 5. The van der Waals surface area contributed by atoms with E-state index in [-0.39, 0.29) is 16.4 Å². The van der Waals surface area contributed by atoms with Gasteiger partial charge in [-0.25, -0.2) is 23.6 Å². The standard InChI is InChI=1S/C11H10BrFN4O2S/c12-7-5-10(11(16-14)15-6-7)20(18,19)17-9-4-2-1-3-8(9)13/h1-6,17H,14H2,(H,15,16). The summed E-state index contributed by atoms with van der Waals surface area (Å²) in [5.74, 6) is 4.50. The van der Waals surface area contributed by atoms with Crippen LogP contribution in [-0.4, -0.2) is 13.4 Å². The van der Waals surface area contributed by atoms with E-state index >= 15 is 0 Å². The number of hydrogen-bond donors (Lipinski definition) is 3. The predicted molar refractivity (Wildman–Crippen MR) is 77.0 cm³/mol. The van der Waals surface area contributed by atoms with E-state index in [9.17, 15) is 12.8 Å². The maximum Gasteiger partial charge on any atom is 0.265 e. The molecule has 1 aromatic carbocycles. The van der Waals surface area contributed by atoms with E-state index in [0.29, 0.717) is 4.47 Å². The van der Waals surface area contributed by atoms with E-state index in [4.69, 9.17) is 5.84 Å². The van der Waals surface area contributed by atoms with Gasteiger partial charge in [-0.2, -0.15) is 0 Å². The summed E-state index contributed by atoms with van der Waals surface area (Å²) < 4.78 is 40.6. The Hall–Kier alpha value is -1.71. The van der Waals surface area contributed by atoms with E-state index in [1.54, 1.807) is 0 Å². The number of benzene rings is 1. The normalized spacial score (nSPS) is 11.2. The van der Waals surface area contributed by atoms with Crippen molar-refractivity contribution in [3.8, 4) is 0 Å². The average molecular weight is 361 g/mol. The molecule has 106 valence electrons. The van der Waals surface area contributed by atoms with Crippen LogP contribution in [0.5, 0.6) is 0 Å². The van der Waals surface area contributed by atoms with Crippen molar-refractivity contribution in [1.29, 1.82) is 0 Å². The zero-order valence-corrected chi connectivity index (χ0v) is 12.4. The first-order chi connectivity index (χ1) is 9.44. The lowest BCUT2D eigenvalue weighted by atomic mass is 10.3. The van der Waals surface area contributed by atoms with Crippen LogP contribution >= 0.6 is 15.9 Å². The number of hydrazine groups is 1. The molecule has 0 aliphatic heterocycles. The van der Waals surface area contributed by atoms with Gasteiger partial charge in [-0.3, -0.25) is 4.72 Å². The van der Waals surface area contributed by atoms with Crippen LogP contribution in [0, 0.1) is 5.82 Å². The van der Waals surface area contributed by atoms with Crippen molar-refractivity contribution in [3.05, 3.63) is 46.8 Å². The van der Waals surface area contributed by atoms with Gasteiger partial charge in [-0.05, 0) is 34.1 Å². The van der Waals surface area contributed by atoms with Gasteiger partial charge >= 0.3 is 0 Å². The predicted octanol–water partition coefficient (Wildman–Crippen LogP) is 2.07. The van der Waals surface area contributed by atoms with Crippen LogP contribution in [0.15, 0.2) is 45.9 Å². The van der Waals surface area contributed by atoms with Gasteiger partial charge in [0, 0.05) is 10.7 Å². The molecule has 0 radical (unpaired) electrons. The van der Waals surface area contributed by atoms with Crippen molar-refractivity contribution < 1.29 is 12.8 Å². The van der Waals surface area contributed by atoms with Crippen LogP contribution in [0.25, 0.3) is 0 Å². The van der Waals surface area contributed by atoms with Gasteiger partial charge in [-0.1, -0.05) is 12.1 Å². The molecule has 0 saturated heterocycles. The number of para-hydroxylation sites is 1. The Balaban J connectivity index is 2.46. The molecular weight excluding hydrogens is 351 g/mol. The molecule has 0 unspecified atom stereocenters. The van der Waals surface area contributed by atoms with Crippen molar-refractivity contribution in [2.24, 2.45) is 5.84 Å². The van der Waals surface area contributed by atoms with Gasteiger partial charge < -0.3 is 5.43 Å². The number of pyridine rings is 1. The van der Waals surface area contributed by atoms with E-state index in [0.717, 1.165) is 6.07 Å². The van der Waals surface area contributed by atoms with Gasteiger partial charge in [0.1, 0.15) is 10.7 Å². The first kappa shape index (κ1) is 14.7. The first-order valence-corrected chi connectivity index (χ1v) is 7.61. The molecule has 20 heavy (non-hydrogen) atoms. The molecule has 0 fully saturated rings. The second-order valence-corrected chi connectivity index (χ2v) is 6.30. The van der Waals surface area contributed by atoms with Crippen molar-refractivity contribution in [1.82, 2.24) is 4.98 Å². The molecule has 4 N–H and O–H groups in total. The fourth-order valence-electron chi connectivity index (χ4n) is 1.48. The Morgan fingerprint density at radius 3 is 2.65 bits per heavy atom. The highest BCUT2D eigenvalue weighted by atomic mass is 79.9. The summed E-state index contributed by atoms with van der Waals surface area (Å²) in [4.78, 5) is 3.63. The molecule has 0 aliphatic carbocycles. The van der Waals surface area contributed by atoms with E-state index < -0.39 is 15.8 Å². The lowest BCUT2D eigenvalue weighted by Gasteiger charge is -2.11. The minimum absolute atomic E-state index is 0.0444. The molecule has 2 aromatic rings. The zero-order chi connectivity index (χ0) is 14.8. The fraction of sp³-hybridized carbons (Fsp3) is 0. The largest absolute Gasteiger partial charge is 0.307 e. The van der Waals surface area contributed by atoms with Crippen LogP contribution in [0.2, 0.25) is 0 Å². The molecular formula is C11H10BrFN4O2S. The Kier molecular flexibility index (Phi) is 4.21. The van der Waals surface area contributed by atoms with Crippen molar-refractivity contribution in [3.63, 3.8) is 0 Å². The monoisotopic (exact) mass is 360 g/mol. The van der Waals surface area contributed by atoms with Crippen LogP contribution < -0.4 is 16.0 Å². The molecule has 9 heteroatoms. The lowest BCUT2D eigenvalue weighted by Crippen LogP contribution is -2.19. The van der Waals surface area contributed by atoms with Gasteiger partial charge in [0.05, 0.1) is 5.69 Å². The van der Waals surface area contributed by atoms with Crippen LogP contribution in [0.4, 0.5) is 15.9 Å². The topological polar surface area (TPSA) is 97.1 Å². The Bertz CT molecular complexity index is 739. The lowest BCUT2D eigenvalue weighted by molar-refractivity contribution is 0.598. The van der Waals surface area contributed by atoms with Gasteiger partial charge in [0.25, 0.3) is 10.0 Å². The van der Waals surface area contributed by atoms with Gasteiger partial charge in [0.2, 0.25) is 0 Å². The van der Waals surface area contributed by atoms with Crippen molar-refractivity contribution in [2.75, 3.05) is 10.1 Å². The first-order valence-electron chi connectivity index (χ1n) is 5.33. The highest BCUT2D eigenvalue weighted by Crippen LogP contribution is 2.25. The Morgan fingerprint density at radius 2 is 2.00 bits per heavy atom. The summed E-state index contributed by atoms with van der Waals surface area (Å²) in [6.45, 7) is 0. The molecule has 0 bridgehead atoms. The smallest absolute Gasteiger partial charge is 0.265 e. The third kappa shape index (κ3) is 3.06. The molecule has 0 spiro atoms. The molecule has 1 aromatic heterocycles. The number of anilines is 2. The molecule has 0 aliphatic rings. The number of sulfonamides is 1. The second-order valence-electron chi connectivity index (χ2n) is 3.73. The maximum absolute atomic E-state index is 13.5. The molecule has 6 nitrogen and oxygen atoms in total. The molecule has 0 saturated carbocycles. The van der Waals surface area contributed by atoms with E-state index in [1.165, 1.54) is 30.5 Å². The van der Waals surface area contributed by atoms with Gasteiger partial charge in [-0.15, -0.1) is 0 Å². The number of nitrogens with one attached hydrogen (secondary N) is 2. The summed E-state index contributed by atoms with van der Waals surface area (Å²) in [7, 11) is -4.03. The third-order valence-electron chi connectivity index (χ3n) is 2.36. The minimum Gasteiger partial charge on any atom is -0.307 e. The number of rotatable bonds is 4. The molecule has 0 amide bonds. The number of nitrogens with zero attached hydrogens (tertiary/aromatic N) is 1. The van der Waals surface area contributed by atoms with Gasteiger partial charge in [0.15, 0.2) is 5.82 Å². The summed E-state index contributed by atoms with van der Waals surface area (Å²) in [6.07, 6.45) is 1.39. The molecule has 2 rings (SSSR count). The Labute approximate surface area is 123 Å². The SMILES string of the molecule is NNc1ncc(Br)cc1S(=O)(=O)Nc1ccccc1F. The quantitative estimate of drug-likeness (QED) is 0.572. The number of halogens is 2. The van der Waals surface area contributed by atoms with E-state index in [2.05, 4.69) is 31.1 Å². The fourth-order valence-corrected chi connectivity index (χ4v) is 3.17.